The second-order valence-electron chi connectivity index (χ2n) is 5.01. The Labute approximate surface area is 126 Å². The molecule has 0 saturated heterocycles. The van der Waals surface area contributed by atoms with Crippen molar-refractivity contribution in [3.63, 3.8) is 0 Å². The zero-order chi connectivity index (χ0) is 15.1. The maximum atomic E-state index is 8.93. The van der Waals surface area contributed by atoms with Gasteiger partial charge < -0.3 is 15.2 Å². The monoisotopic (exact) mass is 285 g/mol. The Balaban J connectivity index is 2.10. The molecule has 112 valence electrons. The smallest absolute Gasteiger partial charge is 0.124 e. The molecule has 0 saturated carbocycles. The first kappa shape index (κ1) is 15.4. The van der Waals surface area contributed by atoms with E-state index >= 15 is 0 Å². The molecule has 3 nitrogen and oxygen atoms in total. The minimum atomic E-state index is 0.0435. The zero-order valence-corrected chi connectivity index (χ0v) is 12.7. The Kier molecular flexibility index (Phi) is 5.64. The predicted octanol–water partition coefficient (Wildman–Crippen LogP) is 3.79. The largest absolute Gasteiger partial charge is 0.486 e. The Morgan fingerprint density at radius 2 is 1.90 bits per heavy atom. The fourth-order valence-electron chi connectivity index (χ4n) is 2.31. The Morgan fingerprint density at radius 3 is 2.52 bits per heavy atom. The van der Waals surface area contributed by atoms with Crippen molar-refractivity contribution < 1.29 is 9.84 Å². The van der Waals surface area contributed by atoms with Gasteiger partial charge in [0.2, 0.25) is 0 Å². The summed E-state index contributed by atoms with van der Waals surface area (Å²) < 4.78 is 6.09. The average molecular weight is 285 g/mol. The average Bonchev–Trinajstić information content (AvgIpc) is 2.54. The second kappa shape index (κ2) is 7.70. The van der Waals surface area contributed by atoms with E-state index in [0.717, 1.165) is 23.4 Å². The Hall–Kier alpha value is -2.00. The first-order valence-corrected chi connectivity index (χ1v) is 7.41. The highest BCUT2D eigenvalue weighted by atomic mass is 16.5. The van der Waals surface area contributed by atoms with E-state index in [-0.39, 0.29) is 12.7 Å². The predicted molar refractivity (Wildman–Crippen MR) is 86.9 cm³/mol. The molecule has 0 spiro atoms. The highest BCUT2D eigenvalue weighted by Gasteiger charge is 2.11. The SMILES string of the molecule is CCC(Oc1ccc(CCO)cc1)c1cccc(NC)c1. The summed E-state index contributed by atoms with van der Waals surface area (Å²) in [5, 5.41) is 12.1. The van der Waals surface area contributed by atoms with Crippen LogP contribution in [0.3, 0.4) is 0 Å². The maximum Gasteiger partial charge on any atom is 0.124 e. The number of benzene rings is 2. The normalized spacial score (nSPS) is 12.0. The van der Waals surface area contributed by atoms with Crippen molar-refractivity contribution in [2.75, 3.05) is 19.0 Å². The minimum Gasteiger partial charge on any atom is -0.486 e. The van der Waals surface area contributed by atoms with Crippen LogP contribution < -0.4 is 10.1 Å². The number of ether oxygens (including phenoxy) is 1. The summed E-state index contributed by atoms with van der Waals surface area (Å²) in [4.78, 5) is 0. The molecule has 1 unspecified atom stereocenters. The third-order valence-corrected chi connectivity index (χ3v) is 3.52. The summed E-state index contributed by atoms with van der Waals surface area (Å²) in [5.41, 5.74) is 3.38. The molecule has 0 fully saturated rings. The first-order chi connectivity index (χ1) is 10.3. The fourth-order valence-corrected chi connectivity index (χ4v) is 2.31. The van der Waals surface area contributed by atoms with Crippen LogP contribution in [0.5, 0.6) is 5.75 Å². The third-order valence-electron chi connectivity index (χ3n) is 3.52. The molecule has 2 N–H and O–H groups in total. The molecular formula is C18H23NO2. The lowest BCUT2D eigenvalue weighted by Crippen LogP contribution is -2.07. The molecule has 0 aromatic heterocycles. The van der Waals surface area contributed by atoms with Crippen molar-refractivity contribution >= 4 is 5.69 Å². The summed E-state index contributed by atoms with van der Waals surface area (Å²) in [7, 11) is 1.92. The van der Waals surface area contributed by atoms with Crippen LogP contribution >= 0.6 is 0 Å². The summed E-state index contributed by atoms with van der Waals surface area (Å²) >= 11 is 0. The van der Waals surface area contributed by atoms with Crippen LogP contribution in [0.15, 0.2) is 48.5 Å². The van der Waals surface area contributed by atoms with Gasteiger partial charge in [-0.05, 0) is 48.2 Å². The van der Waals surface area contributed by atoms with E-state index in [9.17, 15) is 0 Å². The van der Waals surface area contributed by atoms with Crippen LogP contribution in [0, 0.1) is 0 Å². The number of anilines is 1. The number of nitrogens with one attached hydrogen (secondary N) is 1. The standard InChI is InChI=1S/C18H23NO2/c1-3-18(15-5-4-6-16(13-15)19-2)21-17-9-7-14(8-10-17)11-12-20/h4-10,13,18-20H,3,11-12H2,1-2H3. The quantitative estimate of drug-likeness (QED) is 0.813. The topological polar surface area (TPSA) is 41.5 Å². The van der Waals surface area contributed by atoms with Gasteiger partial charge >= 0.3 is 0 Å². The van der Waals surface area contributed by atoms with Crippen molar-refractivity contribution in [1.82, 2.24) is 0 Å². The molecule has 0 heterocycles. The lowest BCUT2D eigenvalue weighted by molar-refractivity contribution is 0.201. The maximum absolute atomic E-state index is 8.93. The molecule has 2 rings (SSSR count). The van der Waals surface area contributed by atoms with Crippen LogP contribution in [0.1, 0.15) is 30.6 Å². The van der Waals surface area contributed by atoms with Crippen LogP contribution in [0.4, 0.5) is 5.69 Å². The van der Waals surface area contributed by atoms with Crippen molar-refractivity contribution in [2.24, 2.45) is 0 Å². The van der Waals surface area contributed by atoms with Crippen LogP contribution in [0.2, 0.25) is 0 Å². The van der Waals surface area contributed by atoms with Gasteiger partial charge in [-0.3, -0.25) is 0 Å². The summed E-state index contributed by atoms with van der Waals surface area (Å²) in [6.07, 6.45) is 1.63. The first-order valence-electron chi connectivity index (χ1n) is 7.41. The van der Waals surface area contributed by atoms with Gasteiger partial charge in [0.15, 0.2) is 0 Å². The molecule has 2 aromatic carbocycles. The molecule has 0 aliphatic heterocycles. The number of rotatable bonds is 7. The lowest BCUT2D eigenvalue weighted by atomic mass is 10.1. The molecule has 0 aliphatic rings. The fraction of sp³-hybridized carbons (Fsp3) is 0.333. The highest BCUT2D eigenvalue weighted by Crippen LogP contribution is 2.26. The zero-order valence-electron chi connectivity index (χ0n) is 12.7. The van der Waals surface area contributed by atoms with Gasteiger partial charge in [0.1, 0.15) is 11.9 Å². The van der Waals surface area contributed by atoms with Gasteiger partial charge in [-0.2, -0.15) is 0 Å². The van der Waals surface area contributed by atoms with Crippen molar-refractivity contribution in [2.45, 2.75) is 25.9 Å². The Morgan fingerprint density at radius 1 is 1.14 bits per heavy atom. The van der Waals surface area contributed by atoms with Gasteiger partial charge in [0.05, 0.1) is 0 Å². The Bertz CT molecular complexity index is 551. The molecule has 3 heteroatoms. The van der Waals surface area contributed by atoms with E-state index in [1.54, 1.807) is 0 Å². The molecule has 1 atom stereocenters. The van der Waals surface area contributed by atoms with E-state index < -0.39 is 0 Å². The molecule has 0 bridgehead atoms. The van der Waals surface area contributed by atoms with Crippen LogP contribution in [0.25, 0.3) is 0 Å². The molecule has 0 radical (unpaired) electrons. The summed E-state index contributed by atoms with van der Waals surface area (Å²) in [6, 6.07) is 16.2. The molecule has 0 aliphatic carbocycles. The lowest BCUT2D eigenvalue weighted by Gasteiger charge is -2.19. The van der Waals surface area contributed by atoms with Gasteiger partial charge in [0.25, 0.3) is 0 Å². The number of hydrogen-bond donors (Lipinski definition) is 2. The van der Waals surface area contributed by atoms with E-state index in [2.05, 4.69) is 24.4 Å². The third kappa shape index (κ3) is 4.23. The van der Waals surface area contributed by atoms with Crippen LogP contribution in [-0.4, -0.2) is 18.8 Å². The van der Waals surface area contributed by atoms with E-state index in [1.165, 1.54) is 5.56 Å². The molecule has 0 amide bonds. The van der Waals surface area contributed by atoms with Crippen LogP contribution in [-0.2, 0) is 6.42 Å². The van der Waals surface area contributed by atoms with Gasteiger partial charge in [-0.15, -0.1) is 0 Å². The molecule has 2 aromatic rings. The van der Waals surface area contributed by atoms with Crippen molar-refractivity contribution in [3.05, 3.63) is 59.7 Å². The number of hydrogen-bond acceptors (Lipinski definition) is 3. The number of aliphatic hydroxyl groups excluding tert-OH is 1. The van der Waals surface area contributed by atoms with E-state index in [0.29, 0.717) is 6.42 Å². The van der Waals surface area contributed by atoms with Crippen molar-refractivity contribution in [3.8, 4) is 5.75 Å². The second-order valence-corrected chi connectivity index (χ2v) is 5.01. The minimum absolute atomic E-state index is 0.0435. The van der Waals surface area contributed by atoms with E-state index in [4.69, 9.17) is 9.84 Å². The van der Waals surface area contributed by atoms with Crippen molar-refractivity contribution in [1.29, 1.82) is 0 Å². The summed E-state index contributed by atoms with van der Waals surface area (Å²) in [5.74, 6) is 0.860. The summed E-state index contributed by atoms with van der Waals surface area (Å²) in [6.45, 7) is 2.30. The van der Waals surface area contributed by atoms with Gasteiger partial charge in [-0.1, -0.05) is 31.2 Å². The highest BCUT2D eigenvalue weighted by molar-refractivity contribution is 5.45. The van der Waals surface area contributed by atoms with E-state index in [1.807, 2.05) is 43.4 Å². The van der Waals surface area contributed by atoms with Gasteiger partial charge in [-0.25, -0.2) is 0 Å². The van der Waals surface area contributed by atoms with Gasteiger partial charge in [0, 0.05) is 19.3 Å². The molecular weight excluding hydrogens is 262 g/mol. The molecule has 21 heavy (non-hydrogen) atoms. The number of aliphatic hydroxyl groups is 1.